The first-order valence-electron chi connectivity index (χ1n) is 7.41. The molecule has 0 bridgehead atoms. The minimum Gasteiger partial charge on any atom is -0.338 e. The number of benzene rings is 1. The lowest BCUT2D eigenvalue weighted by molar-refractivity contribution is -0.133. The lowest BCUT2D eigenvalue weighted by Gasteiger charge is -2.24. The Morgan fingerprint density at radius 1 is 1.48 bits per heavy atom. The van der Waals surface area contributed by atoms with Gasteiger partial charge >= 0.3 is 0 Å². The summed E-state index contributed by atoms with van der Waals surface area (Å²) in [4.78, 5) is 14.8. The van der Waals surface area contributed by atoms with E-state index in [1.807, 2.05) is 13.1 Å². The molecule has 1 saturated heterocycles. The maximum atomic E-state index is 12.6. The summed E-state index contributed by atoms with van der Waals surface area (Å²) in [5.41, 5.74) is 1.29. The molecule has 1 N–H and O–H groups in total. The first-order valence-corrected chi connectivity index (χ1v) is 8.20. The number of nitrogens with zero attached hydrogens (tertiary/aromatic N) is 1. The zero-order chi connectivity index (χ0) is 14.1. The first kappa shape index (κ1) is 16.8. The van der Waals surface area contributed by atoms with Crippen molar-refractivity contribution in [3.05, 3.63) is 34.3 Å². The molecule has 1 aliphatic heterocycles. The fourth-order valence-electron chi connectivity index (χ4n) is 3.36. The van der Waals surface area contributed by atoms with Crippen molar-refractivity contribution in [3.63, 3.8) is 0 Å². The van der Waals surface area contributed by atoms with Crippen LogP contribution >= 0.6 is 28.3 Å². The highest BCUT2D eigenvalue weighted by Crippen LogP contribution is 2.49. The number of likely N-dealkylation sites (N-methyl/N-ethyl adjacent to an activating group) is 1. The van der Waals surface area contributed by atoms with Crippen molar-refractivity contribution in [2.24, 2.45) is 5.92 Å². The van der Waals surface area contributed by atoms with Gasteiger partial charge in [0.15, 0.2) is 0 Å². The maximum absolute atomic E-state index is 12.6. The van der Waals surface area contributed by atoms with E-state index in [0.29, 0.717) is 17.9 Å². The summed E-state index contributed by atoms with van der Waals surface area (Å²) < 4.78 is 1.10. The average Bonchev–Trinajstić information content (AvgIpc) is 3.11. The summed E-state index contributed by atoms with van der Waals surface area (Å²) in [6, 6.07) is 8.77. The lowest BCUT2D eigenvalue weighted by Crippen LogP contribution is -2.41. The predicted octanol–water partition coefficient (Wildman–Crippen LogP) is 3.18. The summed E-state index contributed by atoms with van der Waals surface area (Å²) in [6.07, 6.45) is 3.30. The molecule has 0 spiro atoms. The van der Waals surface area contributed by atoms with Gasteiger partial charge in [-0.2, -0.15) is 0 Å². The second kappa shape index (κ2) is 7.12. The minimum atomic E-state index is 0. The Labute approximate surface area is 141 Å². The van der Waals surface area contributed by atoms with Crippen molar-refractivity contribution >= 4 is 34.2 Å². The molecule has 21 heavy (non-hydrogen) atoms. The molecule has 1 heterocycles. The summed E-state index contributed by atoms with van der Waals surface area (Å²) in [7, 11) is 1.96. The summed E-state index contributed by atoms with van der Waals surface area (Å²) in [6.45, 7) is 1.85. The van der Waals surface area contributed by atoms with Crippen molar-refractivity contribution in [2.75, 3.05) is 20.1 Å². The van der Waals surface area contributed by atoms with Gasteiger partial charge in [0, 0.05) is 29.5 Å². The van der Waals surface area contributed by atoms with E-state index in [2.05, 4.69) is 44.3 Å². The molecule has 1 saturated carbocycles. The highest BCUT2D eigenvalue weighted by Gasteiger charge is 2.47. The van der Waals surface area contributed by atoms with Crippen LogP contribution in [0.1, 0.15) is 30.7 Å². The zero-order valence-corrected chi connectivity index (χ0v) is 14.6. The van der Waals surface area contributed by atoms with E-state index in [1.165, 1.54) is 5.56 Å². The molecule has 1 aromatic carbocycles. The van der Waals surface area contributed by atoms with Gasteiger partial charge in [0.1, 0.15) is 0 Å². The molecule has 2 aliphatic rings. The quantitative estimate of drug-likeness (QED) is 0.879. The number of rotatable bonds is 4. The van der Waals surface area contributed by atoms with E-state index in [0.717, 1.165) is 36.8 Å². The van der Waals surface area contributed by atoms with Gasteiger partial charge in [-0.1, -0.05) is 28.1 Å². The third-order valence-corrected chi connectivity index (χ3v) is 4.98. The van der Waals surface area contributed by atoms with E-state index in [1.54, 1.807) is 0 Å². The number of hydrogen-bond donors (Lipinski definition) is 1. The Morgan fingerprint density at radius 2 is 2.29 bits per heavy atom. The van der Waals surface area contributed by atoms with Crippen LogP contribution in [-0.2, 0) is 4.79 Å². The third-order valence-electron chi connectivity index (χ3n) is 4.48. The number of likely N-dealkylation sites (tertiary alicyclic amines) is 1. The molecule has 3 nitrogen and oxygen atoms in total. The van der Waals surface area contributed by atoms with E-state index in [9.17, 15) is 4.79 Å². The molecule has 1 aromatic rings. The normalized spacial score (nSPS) is 27.3. The van der Waals surface area contributed by atoms with E-state index < -0.39 is 0 Å². The molecule has 116 valence electrons. The van der Waals surface area contributed by atoms with Crippen molar-refractivity contribution < 1.29 is 4.79 Å². The van der Waals surface area contributed by atoms with Crippen LogP contribution in [0.2, 0.25) is 0 Å². The van der Waals surface area contributed by atoms with Crippen LogP contribution < -0.4 is 5.32 Å². The van der Waals surface area contributed by atoms with Gasteiger partial charge in [0.05, 0.1) is 0 Å². The monoisotopic (exact) mass is 372 g/mol. The summed E-state index contributed by atoms with van der Waals surface area (Å²) in [5.74, 6) is 1.00. The fraction of sp³-hybridized carbons (Fsp3) is 0.562. The molecule has 3 atom stereocenters. The highest BCUT2D eigenvalue weighted by molar-refractivity contribution is 9.10. The summed E-state index contributed by atoms with van der Waals surface area (Å²) >= 11 is 3.51. The molecule has 5 heteroatoms. The van der Waals surface area contributed by atoms with Crippen LogP contribution in [-0.4, -0.2) is 37.0 Å². The standard InChI is InChI=1S/C16H21BrN2O.ClH/c1-18-10-13-6-3-7-19(13)16(20)15-9-14(15)11-4-2-5-12(17)8-11;/h2,4-5,8,13-15,18H,3,6-7,9-10H2,1H3;1H. The number of carbonyl (C=O) groups is 1. The van der Waals surface area contributed by atoms with Crippen LogP contribution in [0.4, 0.5) is 0 Å². The Balaban J connectivity index is 0.00000161. The Morgan fingerprint density at radius 3 is 3.00 bits per heavy atom. The lowest BCUT2D eigenvalue weighted by atomic mass is 10.1. The molecule has 1 amide bonds. The molecular formula is C16H22BrClN2O. The average molecular weight is 374 g/mol. The minimum absolute atomic E-state index is 0. The highest BCUT2D eigenvalue weighted by atomic mass is 79.9. The zero-order valence-electron chi connectivity index (χ0n) is 12.2. The van der Waals surface area contributed by atoms with Crippen molar-refractivity contribution in [1.82, 2.24) is 10.2 Å². The molecule has 3 rings (SSSR count). The maximum Gasteiger partial charge on any atom is 0.226 e. The molecule has 3 unspecified atom stereocenters. The Bertz CT molecular complexity index is 511. The van der Waals surface area contributed by atoms with Gasteiger partial charge in [0.25, 0.3) is 0 Å². The van der Waals surface area contributed by atoms with Gasteiger partial charge in [-0.25, -0.2) is 0 Å². The van der Waals surface area contributed by atoms with Crippen LogP contribution in [0.15, 0.2) is 28.7 Å². The van der Waals surface area contributed by atoms with Crippen LogP contribution in [0.25, 0.3) is 0 Å². The van der Waals surface area contributed by atoms with E-state index >= 15 is 0 Å². The SMILES string of the molecule is CNCC1CCCN1C(=O)C1CC1c1cccc(Br)c1.Cl. The second-order valence-electron chi connectivity index (χ2n) is 5.89. The second-order valence-corrected chi connectivity index (χ2v) is 6.80. The number of carbonyl (C=O) groups excluding carboxylic acids is 1. The number of nitrogens with one attached hydrogen (secondary N) is 1. The van der Waals surface area contributed by atoms with E-state index in [4.69, 9.17) is 0 Å². The molecule has 0 aromatic heterocycles. The van der Waals surface area contributed by atoms with Crippen LogP contribution in [0, 0.1) is 5.92 Å². The van der Waals surface area contributed by atoms with Gasteiger partial charge in [-0.15, -0.1) is 12.4 Å². The molecular weight excluding hydrogens is 352 g/mol. The van der Waals surface area contributed by atoms with Crippen molar-refractivity contribution in [3.8, 4) is 0 Å². The first-order chi connectivity index (χ1) is 9.70. The van der Waals surface area contributed by atoms with Gasteiger partial charge < -0.3 is 10.2 Å². The number of amides is 1. The van der Waals surface area contributed by atoms with E-state index in [-0.39, 0.29) is 18.3 Å². The molecule has 2 fully saturated rings. The smallest absolute Gasteiger partial charge is 0.226 e. The summed E-state index contributed by atoms with van der Waals surface area (Å²) in [5, 5.41) is 3.20. The number of hydrogen-bond acceptors (Lipinski definition) is 2. The molecule has 0 radical (unpaired) electrons. The predicted molar refractivity (Wildman–Crippen MR) is 90.9 cm³/mol. The largest absolute Gasteiger partial charge is 0.338 e. The van der Waals surface area contributed by atoms with Gasteiger partial charge in [0.2, 0.25) is 5.91 Å². The van der Waals surface area contributed by atoms with Crippen molar-refractivity contribution in [1.29, 1.82) is 0 Å². The van der Waals surface area contributed by atoms with Crippen molar-refractivity contribution in [2.45, 2.75) is 31.2 Å². The van der Waals surface area contributed by atoms with Crippen LogP contribution in [0.5, 0.6) is 0 Å². The van der Waals surface area contributed by atoms with Gasteiger partial charge in [-0.05, 0) is 49.9 Å². The number of halogens is 2. The topological polar surface area (TPSA) is 32.3 Å². The Hall–Kier alpha value is -0.580. The fourth-order valence-corrected chi connectivity index (χ4v) is 3.78. The van der Waals surface area contributed by atoms with Crippen LogP contribution in [0.3, 0.4) is 0 Å². The molecule has 1 aliphatic carbocycles. The third kappa shape index (κ3) is 3.61. The van der Waals surface area contributed by atoms with Gasteiger partial charge in [-0.3, -0.25) is 4.79 Å². The Kier molecular flexibility index (Phi) is 5.69.